The highest BCUT2D eigenvalue weighted by molar-refractivity contribution is 4.84. The maximum absolute atomic E-state index is 3.52. The maximum Gasteiger partial charge on any atom is 0.0322 e. The van der Waals surface area contributed by atoms with Crippen molar-refractivity contribution in [3.05, 3.63) is 31.9 Å². The lowest BCUT2D eigenvalue weighted by atomic mass is 10.6. The van der Waals surface area contributed by atoms with Crippen molar-refractivity contribution < 1.29 is 0 Å². The third-order valence-corrected chi connectivity index (χ3v) is 0.498. The zero-order valence-electron chi connectivity index (χ0n) is 4.35. The zero-order chi connectivity index (χ0) is 5.54. The predicted octanol–water partition coefficient (Wildman–Crippen LogP) is 1.11. The minimum atomic E-state index is 0.812. The zero-order valence-corrected chi connectivity index (χ0v) is 4.35. The smallest absolute Gasteiger partial charge is 0.0322 e. The molecule has 0 aliphatic rings. The summed E-state index contributed by atoms with van der Waals surface area (Å²) < 4.78 is 0. The third kappa shape index (κ3) is 5.28. The highest BCUT2D eigenvalue weighted by atomic mass is 14.8. The summed E-state index contributed by atoms with van der Waals surface area (Å²) in [7, 11) is 0. The van der Waals surface area contributed by atoms with Gasteiger partial charge in [-0.3, -0.25) is 0 Å². The van der Waals surface area contributed by atoms with E-state index >= 15 is 0 Å². The molecule has 0 aromatic carbocycles. The molecule has 1 radical (unpaired) electrons. The van der Waals surface area contributed by atoms with Crippen LogP contribution in [0.1, 0.15) is 0 Å². The third-order valence-electron chi connectivity index (χ3n) is 0.498. The Bertz CT molecular complexity index is 64.6. The van der Waals surface area contributed by atoms with Gasteiger partial charge in [0.25, 0.3) is 0 Å². The Kier molecular flexibility index (Phi) is 4.74. The van der Waals surface area contributed by atoms with Crippen LogP contribution in [0.25, 0.3) is 0 Å². The van der Waals surface area contributed by atoms with Crippen LogP contribution in [0.3, 0.4) is 0 Å². The largest absolute Gasteiger partial charge is 0.388 e. The van der Waals surface area contributed by atoms with Crippen LogP contribution in [-0.4, -0.2) is 6.54 Å². The topological polar surface area (TPSA) is 12.0 Å². The molecule has 0 aromatic heterocycles. The molecule has 0 bridgehead atoms. The molecule has 1 N–H and O–H groups in total. The molecule has 0 rings (SSSR count). The quantitative estimate of drug-likeness (QED) is 0.410. The first-order valence-corrected chi connectivity index (χ1v) is 2.20. The van der Waals surface area contributed by atoms with Crippen LogP contribution in [0.4, 0.5) is 0 Å². The Balaban J connectivity index is 2.82. The van der Waals surface area contributed by atoms with E-state index < -0.39 is 0 Å². The van der Waals surface area contributed by atoms with E-state index in [1.807, 2.05) is 0 Å². The summed E-state index contributed by atoms with van der Waals surface area (Å²) in [5, 5.41) is 2.92. The highest BCUT2D eigenvalue weighted by Crippen LogP contribution is 1.61. The van der Waals surface area contributed by atoms with Gasteiger partial charge in [-0.05, 0) is 13.1 Å². The van der Waals surface area contributed by atoms with Crippen molar-refractivity contribution in [1.29, 1.82) is 0 Å². The second-order valence-electron chi connectivity index (χ2n) is 1.10. The monoisotopic (exact) mass is 96.1 g/mol. The molecule has 0 amide bonds. The van der Waals surface area contributed by atoms with Gasteiger partial charge in [-0.2, -0.15) is 0 Å². The maximum atomic E-state index is 3.52. The van der Waals surface area contributed by atoms with Gasteiger partial charge in [0.2, 0.25) is 0 Å². The van der Waals surface area contributed by atoms with Crippen molar-refractivity contribution in [2.45, 2.75) is 0 Å². The molecular weight excluding hydrogens is 86.1 g/mol. The van der Waals surface area contributed by atoms with Crippen molar-refractivity contribution in [3.63, 3.8) is 0 Å². The van der Waals surface area contributed by atoms with Crippen molar-refractivity contribution in [1.82, 2.24) is 5.32 Å². The molecular formula is C6H10N. The van der Waals surface area contributed by atoms with Gasteiger partial charge in [-0.25, -0.2) is 0 Å². The van der Waals surface area contributed by atoms with Crippen molar-refractivity contribution in [2.75, 3.05) is 6.54 Å². The highest BCUT2D eigenvalue weighted by Gasteiger charge is 1.62. The van der Waals surface area contributed by atoms with Crippen molar-refractivity contribution >= 4 is 0 Å². The molecule has 7 heavy (non-hydrogen) atoms. The molecule has 0 aromatic rings. The van der Waals surface area contributed by atoms with Gasteiger partial charge in [0.15, 0.2) is 0 Å². The average Bonchev–Trinajstić information content (AvgIpc) is 1.69. The first-order valence-electron chi connectivity index (χ1n) is 2.20. The van der Waals surface area contributed by atoms with E-state index in [4.69, 9.17) is 0 Å². The fraction of sp³-hybridized carbons (Fsp3) is 0.167. The number of rotatable bonds is 3. The molecule has 0 saturated heterocycles. The average molecular weight is 96.2 g/mol. The summed E-state index contributed by atoms with van der Waals surface area (Å²) in [4.78, 5) is 0. The molecule has 0 fully saturated rings. The van der Waals surface area contributed by atoms with E-state index in [9.17, 15) is 0 Å². The Morgan fingerprint density at radius 2 is 2.29 bits per heavy atom. The van der Waals surface area contributed by atoms with Gasteiger partial charge >= 0.3 is 0 Å². The van der Waals surface area contributed by atoms with Gasteiger partial charge in [0, 0.05) is 6.54 Å². The molecule has 1 nitrogen and oxygen atoms in total. The van der Waals surface area contributed by atoms with Crippen LogP contribution in [0.5, 0.6) is 0 Å². The van der Waals surface area contributed by atoms with Crippen molar-refractivity contribution in [3.8, 4) is 0 Å². The molecule has 0 aliphatic carbocycles. The van der Waals surface area contributed by atoms with Crippen molar-refractivity contribution in [2.24, 2.45) is 0 Å². The molecule has 0 aliphatic heterocycles. The Morgan fingerprint density at radius 1 is 1.57 bits per heavy atom. The number of hydrogen-bond donors (Lipinski definition) is 1. The molecule has 0 saturated carbocycles. The molecule has 0 unspecified atom stereocenters. The van der Waals surface area contributed by atoms with Crippen LogP contribution >= 0.6 is 0 Å². The van der Waals surface area contributed by atoms with Gasteiger partial charge < -0.3 is 5.32 Å². The molecule has 39 valence electrons. The second kappa shape index (κ2) is 5.28. The Labute approximate surface area is 44.7 Å². The van der Waals surface area contributed by atoms with E-state index in [0.717, 1.165) is 6.54 Å². The van der Waals surface area contributed by atoms with E-state index in [1.165, 1.54) is 0 Å². The van der Waals surface area contributed by atoms with E-state index in [-0.39, 0.29) is 0 Å². The minimum absolute atomic E-state index is 0.812. The fourth-order valence-electron chi connectivity index (χ4n) is 0.235. The standard InChI is InChI=1S/C6H10N/c1-3-5-7-6-4-2/h3-5,7H,1-2,6H2. The summed E-state index contributed by atoms with van der Waals surface area (Å²) in [6.45, 7) is 7.81. The van der Waals surface area contributed by atoms with Gasteiger partial charge in [-0.15, -0.1) is 6.58 Å². The number of nitrogens with one attached hydrogen (secondary N) is 1. The van der Waals surface area contributed by atoms with Gasteiger partial charge in [0.05, 0.1) is 0 Å². The predicted molar refractivity (Wildman–Crippen MR) is 32.7 cm³/mol. The fourth-order valence-corrected chi connectivity index (χ4v) is 0.235. The van der Waals surface area contributed by atoms with Gasteiger partial charge in [-0.1, -0.05) is 12.2 Å². The van der Waals surface area contributed by atoms with Crippen LogP contribution in [0.2, 0.25) is 0 Å². The summed E-state index contributed by atoms with van der Waals surface area (Å²) in [6.07, 6.45) is 5.27. The van der Waals surface area contributed by atoms with Crippen LogP contribution in [0, 0.1) is 6.92 Å². The lowest BCUT2D eigenvalue weighted by molar-refractivity contribution is 0.988. The van der Waals surface area contributed by atoms with E-state index in [1.54, 1.807) is 18.4 Å². The number of hydrogen-bond acceptors (Lipinski definition) is 1. The summed E-state index contributed by atoms with van der Waals surface area (Å²) >= 11 is 0. The Morgan fingerprint density at radius 3 is 2.71 bits per heavy atom. The SMILES string of the molecule is [CH2]C=CNCC=C. The first kappa shape index (κ1) is 6.28. The van der Waals surface area contributed by atoms with Crippen LogP contribution in [-0.2, 0) is 0 Å². The molecule has 0 atom stereocenters. The first-order chi connectivity index (χ1) is 3.41. The lowest BCUT2D eigenvalue weighted by Crippen LogP contribution is -2.01. The van der Waals surface area contributed by atoms with Crippen LogP contribution < -0.4 is 5.32 Å². The van der Waals surface area contributed by atoms with Crippen LogP contribution in [0.15, 0.2) is 24.9 Å². The number of allylic oxidation sites excluding steroid dienone is 1. The normalized spacial score (nSPS) is 9.29. The lowest BCUT2D eigenvalue weighted by Gasteiger charge is -1.87. The molecule has 1 heteroatoms. The van der Waals surface area contributed by atoms with Gasteiger partial charge in [0.1, 0.15) is 0 Å². The second-order valence-corrected chi connectivity index (χ2v) is 1.10. The van der Waals surface area contributed by atoms with E-state index in [0.29, 0.717) is 0 Å². The molecule has 0 spiro atoms. The minimum Gasteiger partial charge on any atom is -0.388 e. The Hall–Kier alpha value is -0.720. The summed E-state index contributed by atoms with van der Waals surface area (Å²) in [6, 6.07) is 0. The summed E-state index contributed by atoms with van der Waals surface area (Å²) in [5.41, 5.74) is 0. The summed E-state index contributed by atoms with van der Waals surface area (Å²) in [5.74, 6) is 0. The molecule has 0 heterocycles. The van der Waals surface area contributed by atoms with E-state index in [2.05, 4.69) is 18.8 Å².